The maximum atomic E-state index is 12.8. The van der Waals surface area contributed by atoms with Gasteiger partial charge < -0.3 is 9.64 Å². The number of nitrogens with zero attached hydrogens (tertiary/aromatic N) is 4. The molecule has 1 fully saturated rings. The topological polar surface area (TPSA) is 84.7 Å². The minimum atomic E-state index is -3.49. The monoisotopic (exact) mass is 460 g/mol. The molecule has 4 rings (SSSR count). The van der Waals surface area contributed by atoms with Gasteiger partial charge in [-0.1, -0.05) is 23.8 Å². The van der Waals surface area contributed by atoms with E-state index in [2.05, 4.69) is 5.10 Å². The normalized spacial score (nSPS) is 15.2. The molecule has 1 saturated heterocycles. The lowest BCUT2D eigenvalue weighted by atomic mass is 10.1. The summed E-state index contributed by atoms with van der Waals surface area (Å²) >= 11 is 1.20. The van der Waals surface area contributed by atoms with Crippen LogP contribution < -0.4 is 4.74 Å². The first-order chi connectivity index (χ1) is 14.8. The van der Waals surface area contributed by atoms with E-state index in [0.29, 0.717) is 23.0 Å². The van der Waals surface area contributed by atoms with Crippen LogP contribution in [0.5, 0.6) is 5.75 Å². The summed E-state index contributed by atoms with van der Waals surface area (Å²) in [5, 5.41) is 6.07. The predicted octanol–water partition coefficient (Wildman–Crippen LogP) is 2.74. The number of carbonyl (C=O) groups excluding carboxylic acids is 1. The van der Waals surface area contributed by atoms with Crippen LogP contribution in [0.3, 0.4) is 0 Å². The summed E-state index contributed by atoms with van der Waals surface area (Å²) in [5.41, 5.74) is 2.53. The van der Waals surface area contributed by atoms with E-state index in [9.17, 15) is 13.2 Å². The number of thiophene rings is 1. The van der Waals surface area contributed by atoms with Crippen LogP contribution in [-0.2, 0) is 16.8 Å². The number of hydrogen-bond donors (Lipinski definition) is 0. The smallest absolute Gasteiger partial charge is 0.274 e. The fourth-order valence-corrected chi connectivity index (χ4v) is 6.04. The van der Waals surface area contributed by atoms with E-state index in [1.54, 1.807) is 39.4 Å². The molecule has 0 bridgehead atoms. The maximum absolute atomic E-state index is 12.8. The van der Waals surface area contributed by atoms with E-state index in [0.717, 1.165) is 11.3 Å². The lowest BCUT2D eigenvalue weighted by molar-refractivity contribution is 0.0690. The van der Waals surface area contributed by atoms with Crippen LogP contribution in [0, 0.1) is 13.8 Å². The second-order valence-electron chi connectivity index (χ2n) is 7.41. The number of hydrogen-bond acceptors (Lipinski definition) is 6. The number of benzene rings is 1. The molecule has 8 nitrogen and oxygen atoms in total. The molecule has 10 heteroatoms. The van der Waals surface area contributed by atoms with Gasteiger partial charge in [0.25, 0.3) is 15.9 Å². The van der Waals surface area contributed by atoms with Crippen molar-refractivity contribution < 1.29 is 17.9 Å². The van der Waals surface area contributed by atoms with Gasteiger partial charge in [-0.25, -0.2) is 13.1 Å². The number of rotatable bonds is 6. The van der Waals surface area contributed by atoms with Gasteiger partial charge in [-0.05, 0) is 43.0 Å². The summed E-state index contributed by atoms with van der Waals surface area (Å²) in [6, 6.07) is 10.9. The Kier molecular flexibility index (Phi) is 6.12. The van der Waals surface area contributed by atoms with Gasteiger partial charge in [-0.2, -0.15) is 9.40 Å². The first-order valence-corrected chi connectivity index (χ1v) is 12.2. The van der Waals surface area contributed by atoms with Crippen LogP contribution in [0.1, 0.15) is 21.6 Å². The van der Waals surface area contributed by atoms with Crippen LogP contribution in [0.2, 0.25) is 0 Å². The van der Waals surface area contributed by atoms with Gasteiger partial charge in [0, 0.05) is 32.4 Å². The highest BCUT2D eigenvalue weighted by Gasteiger charge is 2.31. The van der Waals surface area contributed by atoms with Gasteiger partial charge in [-0.3, -0.25) is 4.79 Å². The minimum Gasteiger partial charge on any atom is -0.471 e. The van der Waals surface area contributed by atoms with Gasteiger partial charge in [0.2, 0.25) is 0 Å². The van der Waals surface area contributed by atoms with Gasteiger partial charge in [-0.15, -0.1) is 11.3 Å². The van der Waals surface area contributed by atoms with Crippen LogP contribution >= 0.6 is 11.3 Å². The molecule has 0 atom stereocenters. The summed E-state index contributed by atoms with van der Waals surface area (Å²) in [5.74, 6) is 0.565. The van der Waals surface area contributed by atoms with E-state index >= 15 is 0 Å². The molecule has 164 valence electrons. The Balaban J connectivity index is 1.34. The first-order valence-electron chi connectivity index (χ1n) is 9.91. The second kappa shape index (κ2) is 8.81. The lowest BCUT2D eigenvalue weighted by Gasteiger charge is -2.33. The van der Waals surface area contributed by atoms with Crippen molar-refractivity contribution in [2.45, 2.75) is 24.8 Å². The van der Waals surface area contributed by atoms with Gasteiger partial charge in [0.15, 0.2) is 12.4 Å². The fraction of sp³-hybridized carbons (Fsp3) is 0.333. The van der Waals surface area contributed by atoms with Crippen molar-refractivity contribution in [1.82, 2.24) is 19.0 Å². The highest BCUT2D eigenvalue weighted by atomic mass is 32.2. The van der Waals surface area contributed by atoms with Crippen LogP contribution in [0.4, 0.5) is 0 Å². The molecular formula is C21H24N4O4S2. The molecule has 0 radical (unpaired) electrons. The lowest BCUT2D eigenvalue weighted by Crippen LogP contribution is -2.50. The number of aromatic nitrogens is 2. The van der Waals surface area contributed by atoms with E-state index in [1.807, 2.05) is 32.0 Å². The Morgan fingerprint density at radius 2 is 1.90 bits per heavy atom. The summed E-state index contributed by atoms with van der Waals surface area (Å²) in [6.45, 7) is 5.40. The summed E-state index contributed by atoms with van der Waals surface area (Å²) in [7, 11) is -3.49. The van der Waals surface area contributed by atoms with Gasteiger partial charge in [0.1, 0.15) is 9.96 Å². The Morgan fingerprint density at radius 3 is 2.58 bits per heavy atom. The molecule has 1 aromatic carbocycles. The molecule has 2 aromatic heterocycles. The molecule has 1 aliphatic heterocycles. The molecule has 0 spiro atoms. The molecule has 0 N–H and O–H groups in total. The third-order valence-corrected chi connectivity index (χ3v) is 8.43. The number of aryl methyl sites for hydroxylation is 2. The Bertz CT molecular complexity index is 1160. The predicted molar refractivity (Wildman–Crippen MR) is 118 cm³/mol. The molecule has 1 amide bonds. The maximum Gasteiger partial charge on any atom is 0.274 e. The van der Waals surface area contributed by atoms with Crippen LogP contribution in [0.25, 0.3) is 0 Å². The highest BCUT2D eigenvalue weighted by Crippen LogP contribution is 2.22. The molecule has 31 heavy (non-hydrogen) atoms. The number of ether oxygens (including phenoxy) is 1. The number of piperazine rings is 1. The van der Waals surface area contributed by atoms with Crippen molar-refractivity contribution in [3.63, 3.8) is 0 Å². The van der Waals surface area contributed by atoms with Crippen molar-refractivity contribution in [1.29, 1.82) is 0 Å². The number of amides is 1. The van der Waals surface area contributed by atoms with Crippen molar-refractivity contribution >= 4 is 27.3 Å². The standard InChI is InChI=1S/C21H24N4O4S2/c1-16-5-6-19(17(2)14-16)29-15-24-8-7-18(22-24)21(26)23-9-11-25(12-10-23)31(27,28)20-4-3-13-30-20/h3-8,13-14H,9-12,15H2,1-2H3. The second-order valence-corrected chi connectivity index (χ2v) is 10.5. The zero-order valence-electron chi connectivity index (χ0n) is 17.4. The van der Waals surface area contributed by atoms with Crippen molar-refractivity contribution in [3.05, 3.63) is 64.8 Å². The third kappa shape index (κ3) is 4.65. The molecule has 0 unspecified atom stereocenters. The van der Waals surface area contributed by atoms with Crippen molar-refractivity contribution in [3.8, 4) is 5.75 Å². The Labute approximate surface area is 185 Å². The summed E-state index contributed by atoms with van der Waals surface area (Å²) in [6.07, 6.45) is 1.70. The average molecular weight is 461 g/mol. The molecule has 0 aliphatic carbocycles. The number of carbonyl (C=O) groups is 1. The summed E-state index contributed by atoms with van der Waals surface area (Å²) in [4.78, 5) is 14.4. The number of sulfonamides is 1. The molecule has 0 saturated carbocycles. The van der Waals surface area contributed by atoms with E-state index in [-0.39, 0.29) is 25.7 Å². The third-order valence-electron chi connectivity index (χ3n) is 5.16. The average Bonchev–Trinajstić information content (AvgIpc) is 3.45. The summed E-state index contributed by atoms with van der Waals surface area (Å²) < 4.78 is 34.4. The van der Waals surface area contributed by atoms with E-state index in [4.69, 9.17) is 4.74 Å². The Morgan fingerprint density at radius 1 is 1.13 bits per heavy atom. The molecule has 3 aromatic rings. The molecular weight excluding hydrogens is 436 g/mol. The first kappa shape index (κ1) is 21.5. The zero-order valence-corrected chi connectivity index (χ0v) is 19.0. The van der Waals surface area contributed by atoms with Gasteiger partial charge in [0.05, 0.1) is 0 Å². The quantitative estimate of drug-likeness (QED) is 0.565. The van der Waals surface area contributed by atoms with Crippen LogP contribution in [0.15, 0.2) is 52.2 Å². The molecule has 3 heterocycles. The van der Waals surface area contributed by atoms with E-state index < -0.39 is 10.0 Å². The molecule has 1 aliphatic rings. The van der Waals surface area contributed by atoms with Gasteiger partial charge >= 0.3 is 0 Å². The van der Waals surface area contributed by atoms with Crippen molar-refractivity contribution in [2.24, 2.45) is 0 Å². The fourth-order valence-electron chi connectivity index (χ4n) is 3.48. The van der Waals surface area contributed by atoms with Crippen molar-refractivity contribution in [2.75, 3.05) is 26.2 Å². The van der Waals surface area contributed by atoms with E-state index in [1.165, 1.54) is 21.2 Å². The minimum absolute atomic E-state index is 0.198. The van der Waals surface area contributed by atoms with Crippen LogP contribution in [-0.4, -0.2) is 59.5 Å². The zero-order chi connectivity index (χ0) is 22.0. The SMILES string of the molecule is Cc1ccc(OCn2ccc(C(=O)N3CCN(S(=O)(=O)c4cccs4)CC3)n2)c(C)c1. The largest absolute Gasteiger partial charge is 0.471 e. The Hall–Kier alpha value is -2.69. The highest BCUT2D eigenvalue weighted by molar-refractivity contribution is 7.91.